The minimum absolute atomic E-state index is 0.0668. The molecule has 4 rings (SSSR count). The number of anilines is 1. The lowest BCUT2D eigenvalue weighted by Crippen LogP contribution is -2.49. The van der Waals surface area contributed by atoms with E-state index < -0.39 is 19.9 Å². The molecule has 0 aliphatic carbocycles. The maximum atomic E-state index is 13.2. The smallest absolute Gasteiger partial charge is 0.244 e. The average Bonchev–Trinajstić information content (AvgIpc) is 3.22. The van der Waals surface area contributed by atoms with Crippen molar-refractivity contribution in [3.8, 4) is 0 Å². The van der Waals surface area contributed by atoms with Gasteiger partial charge in [-0.15, -0.1) is 0 Å². The molecule has 0 amide bonds. The summed E-state index contributed by atoms with van der Waals surface area (Å²) in [5, 5.41) is 5.17. The van der Waals surface area contributed by atoms with E-state index in [9.17, 15) is 16.8 Å². The van der Waals surface area contributed by atoms with E-state index in [2.05, 4.69) is 10.00 Å². The van der Waals surface area contributed by atoms with Crippen LogP contribution < -0.4 is 4.90 Å². The second kappa shape index (κ2) is 8.47. The van der Waals surface area contributed by atoms with E-state index in [1.54, 1.807) is 6.92 Å². The summed E-state index contributed by atoms with van der Waals surface area (Å²) in [7, 11) is -6.77. The molecule has 176 valence electrons. The standard InChI is InChI=1S/C20H26Cl2N4O4S2/c1-13-10-19(18(22)11-17(13)21)32(29,30)25-7-5-24(6-8-25)20-14(2)23-26(15(20)3)16-4-9-31(27,28)12-16/h10-11,16H,4-9,12H2,1-3H3. The largest absolute Gasteiger partial charge is 0.366 e. The molecule has 2 fully saturated rings. The predicted molar refractivity (Wildman–Crippen MR) is 126 cm³/mol. The fourth-order valence-electron chi connectivity index (χ4n) is 4.56. The van der Waals surface area contributed by atoms with E-state index in [1.807, 2.05) is 18.5 Å². The van der Waals surface area contributed by atoms with Gasteiger partial charge in [-0.3, -0.25) is 4.68 Å². The second-order valence-corrected chi connectivity index (χ2v) is 13.4. The van der Waals surface area contributed by atoms with Gasteiger partial charge in [-0.05, 0) is 44.9 Å². The molecule has 8 nitrogen and oxygen atoms in total. The normalized spacial score (nSPS) is 21.9. The van der Waals surface area contributed by atoms with Crippen molar-refractivity contribution >= 4 is 48.7 Å². The molecular formula is C20H26Cl2N4O4S2. The second-order valence-electron chi connectivity index (χ2n) is 8.44. The molecule has 0 N–H and O–H groups in total. The highest BCUT2D eigenvalue weighted by Crippen LogP contribution is 2.34. The molecule has 2 saturated heterocycles. The van der Waals surface area contributed by atoms with Crippen LogP contribution in [0, 0.1) is 20.8 Å². The summed E-state index contributed by atoms with van der Waals surface area (Å²) >= 11 is 12.3. The third kappa shape index (κ3) is 4.27. The number of hydrogen-bond acceptors (Lipinski definition) is 6. The van der Waals surface area contributed by atoms with Crippen LogP contribution in [0.4, 0.5) is 5.69 Å². The number of aromatic nitrogens is 2. The Morgan fingerprint density at radius 1 is 1.03 bits per heavy atom. The summed E-state index contributed by atoms with van der Waals surface area (Å²) in [6.45, 7) is 7.21. The lowest BCUT2D eigenvalue weighted by molar-refractivity contribution is 0.384. The molecular weight excluding hydrogens is 495 g/mol. The Hall–Kier alpha value is -1.33. The maximum absolute atomic E-state index is 13.2. The highest BCUT2D eigenvalue weighted by atomic mass is 35.5. The van der Waals surface area contributed by atoms with Crippen molar-refractivity contribution in [1.82, 2.24) is 14.1 Å². The molecule has 1 atom stereocenters. The Balaban J connectivity index is 1.53. The summed E-state index contributed by atoms with van der Waals surface area (Å²) in [4.78, 5) is 2.19. The van der Waals surface area contributed by atoms with Crippen LogP contribution in [0.15, 0.2) is 17.0 Å². The van der Waals surface area contributed by atoms with Gasteiger partial charge in [0.25, 0.3) is 0 Å². The van der Waals surface area contributed by atoms with Crippen LogP contribution in [-0.2, 0) is 19.9 Å². The van der Waals surface area contributed by atoms with E-state index in [-0.39, 0.29) is 27.5 Å². The number of benzene rings is 1. The van der Waals surface area contributed by atoms with E-state index >= 15 is 0 Å². The first-order valence-corrected chi connectivity index (χ1v) is 14.4. The van der Waals surface area contributed by atoms with E-state index in [0.717, 1.165) is 17.1 Å². The van der Waals surface area contributed by atoms with Crippen molar-refractivity contribution in [2.45, 2.75) is 38.1 Å². The van der Waals surface area contributed by atoms with Crippen molar-refractivity contribution < 1.29 is 16.8 Å². The van der Waals surface area contributed by atoms with Gasteiger partial charge in [0, 0.05) is 31.2 Å². The zero-order chi connectivity index (χ0) is 23.4. The average molecular weight is 521 g/mol. The summed E-state index contributed by atoms with van der Waals surface area (Å²) < 4.78 is 53.5. The monoisotopic (exact) mass is 520 g/mol. The Morgan fingerprint density at radius 2 is 1.69 bits per heavy atom. The van der Waals surface area contributed by atoms with Crippen LogP contribution in [0.3, 0.4) is 0 Å². The number of piperazine rings is 1. The van der Waals surface area contributed by atoms with Crippen LogP contribution in [0.1, 0.15) is 29.4 Å². The van der Waals surface area contributed by atoms with E-state index in [0.29, 0.717) is 43.2 Å². The van der Waals surface area contributed by atoms with Gasteiger partial charge in [-0.25, -0.2) is 16.8 Å². The zero-order valence-electron chi connectivity index (χ0n) is 18.2. The van der Waals surface area contributed by atoms with Gasteiger partial charge in [0.1, 0.15) is 4.90 Å². The Bertz CT molecular complexity index is 1270. The number of sulfonamides is 1. The van der Waals surface area contributed by atoms with E-state index in [1.165, 1.54) is 16.4 Å². The molecule has 1 unspecified atom stereocenters. The first kappa shape index (κ1) is 23.8. The summed E-state index contributed by atoms with van der Waals surface area (Å²) in [5.41, 5.74) is 3.34. The Morgan fingerprint density at radius 3 is 2.28 bits per heavy atom. The number of nitrogens with zero attached hydrogens (tertiary/aromatic N) is 4. The summed E-state index contributed by atoms with van der Waals surface area (Å²) in [6, 6.07) is 2.83. The molecule has 12 heteroatoms. The number of sulfone groups is 1. The first-order valence-electron chi connectivity index (χ1n) is 10.4. The topological polar surface area (TPSA) is 92.6 Å². The molecule has 1 aromatic carbocycles. The fourth-order valence-corrected chi connectivity index (χ4v) is 8.48. The van der Waals surface area contributed by atoms with Gasteiger partial charge in [-0.1, -0.05) is 23.2 Å². The molecule has 0 saturated carbocycles. The summed E-state index contributed by atoms with van der Waals surface area (Å²) in [5.74, 6) is 0.302. The van der Waals surface area contributed by atoms with Gasteiger partial charge in [0.2, 0.25) is 10.0 Å². The predicted octanol–water partition coefficient (Wildman–Crippen LogP) is 2.99. The molecule has 0 radical (unpaired) electrons. The molecule has 0 spiro atoms. The van der Waals surface area contributed by atoms with Crippen LogP contribution in [0.2, 0.25) is 10.0 Å². The molecule has 2 aliphatic heterocycles. The molecule has 3 heterocycles. The molecule has 32 heavy (non-hydrogen) atoms. The van der Waals surface area contributed by atoms with Crippen molar-refractivity contribution in [1.29, 1.82) is 0 Å². The zero-order valence-corrected chi connectivity index (χ0v) is 21.3. The third-order valence-electron chi connectivity index (χ3n) is 6.23. The van der Waals surface area contributed by atoms with Crippen LogP contribution in [-0.4, -0.2) is 68.6 Å². The van der Waals surface area contributed by atoms with Gasteiger partial charge >= 0.3 is 0 Å². The van der Waals surface area contributed by atoms with E-state index in [4.69, 9.17) is 23.2 Å². The van der Waals surface area contributed by atoms with Gasteiger partial charge in [-0.2, -0.15) is 9.40 Å². The fraction of sp³-hybridized carbons (Fsp3) is 0.550. The maximum Gasteiger partial charge on any atom is 0.244 e. The van der Waals surface area contributed by atoms with Crippen molar-refractivity contribution in [2.75, 3.05) is 42.6 Å². The van der Waals surface area contributed by atoms with Crippen molar-refractivity contribution in [2.24, 2.45) is 0 Å². The quantitative estimate of drug-likeness (QED) is 0.615. The highest BCUT2D eigenvalue weighted by Gasteiger charge is 2.34. The highest BCUT2D eigenvalue weighted by molar-refractivity contribution is 7.91. The summed E-state index contributed by atoms with van der Waals surface area (Å²) in [6.07, 6.45) is 0.566. The van der Waals surface area contributed by atoms with Crippen LogP contribution in [0.25, 0.3) is 0 Å². The lowest BCUT2D eigenvalue weighted by atomic mass is 10.2. The third-order valence-corrected chi connectivity index (χ3v) is 10.7. The molecule has 2 aromatic rings. The van der Waals surface area contributed by atoms with Gasteiger partial charge in [0.15, 0.2) is 9.84 Å². The Labute approximate surface area is 199 Å². The molecule has 0 bridgehead atoms. The van der Waals surface area contributed by atoms with Crippen molar-refractivity contribution in [3.63, 3.8) is 0 Å². The number of aryl methyl sites for hydroxylation is 2. The number of rotatable bonds is 4. The molecule has 1 aromatic heterocycles. The Kier molecular flexibility index (Phi) is 6.30. The first-order chi connectivity index (χ1) is 14.9. The van der Waals surface area contributed by atoms with Gasteiger partial charge in [0.05, 0.1) is 39.6 Å². The van der Waals surface area contributed by atoms with Crippen LogP contribution in [0.5, 0.6) is 0 Å². The van der Waals surface area contributed by atoms with Crippen LogP contribution >= 0.6 is 23.2 Å². The number of hydrogen-bond donors (Lipinski definition) is 0. The minimum atomic E-state index is -3.75. The number of halogens is 2. The minimum Gasteiger partial charge on any atom is -0.366 e. The lowest BCUT2D eigenvalue weighted by Gasteiger charge is -2.35. The van der Waals surface area contributed by atoms with Gasteiger partial charge < -0.3 is 4.90 Å². The van der Waals surface area contributed by atoms with Crippen molar-refractivity contribution in [3.05, 3.63) is 39.1 Å². The molecule has 2 aliphatic rings. The SMILES string of the molecule is Cc1cc(S(=O)(=O)N2CCN(c3c(C)nn(C4CCS(=O)(=O)C4)c3C)CC2)c(Cl)cc1Cl.